The Balaban J connectivity index is 1.45. The molecule has 0 aliphatic carbocycles. The molecular weight excluding hydrogens is 559 g/mol. The Hall–Kier alpha value is -4.10. The fraction of sp³-hybridized carbons (Fsp3) is 0.345. The van der Waals surface area contributed by atoms with Gasteiger partial charge >= 0.3 is 6.18 Å². The fourth-order valence-corrected chi connectivity index (χ4v) is 4.88. The smallest absolute Gasteiger partial charge is 0.416 e. The molecule has 0 spiro atoms. The second kappa shape index (κ2) is 11.6. The lowest BCUT2D eigenvalue weighted by Crippen LogP contribution is -2.50. The summed E-state index contributed by atoms with van der Waals surface area (Å²) in [7, 11) is 0. The van der Waals surface area contributed by atoms with Crippen molar-refractivity contribution in [1.29, 1.82) is 0 Å². The third-order valence-corrected chi connectivity index (χ3v) is 6.94. The van der Waals surface area contributed by atoms with Crippen LogP contribution in [0.5, 0.6) is 11.6 Å². The summed E-state index contributed by atoms with van der Waals surface area (Å²) in [6.45, 7) is 3.21. The zero-order valence-corrected chi connectivity index (χ0v) is 22.8. The first-order valence-corrected chi connectivity index (χ1v) is 13.2. The molecule has 0 amide bonds. The monoisotopic (exact) mass is 588 g/mol. The van der Waals surface area contributed by atoms with Crippen molar-refractivity contribution in [3.8, 4) is 22.9 Å². The number of nitrogens with one attached hydrogen (secondary N) is 3. The molecular formula is C29H29F5N6O2. The molecule has 8 nitrogen and oxygen atoms in total. The highest BCUT2D eigenvalue weighted by Crippen LogP contribution is 2.39. The van der Waals surface area contributed by atoms with Gasteiger partial charge in [0.15, 0.2) is 6.10 Å². The zero-order valence-electron chi connectivity index (χ0n) is 22.8. The van der Waals surface area contributed by atoms with Gasteiger partial charge in [-0.1, -0.05) is 12.1 Å². The average Bonchev–Trinajstić information content (AvgIpc) is 2.93. The number of anilines is 2. The highest BCUT2D eigenvalue weighted by Gasteiger charge is 2.38. The molecule has 0 saturated carbocycles. The number of ether oxygens (including phenoxy) is 1. The lowest BCUT2D eigenvalue weighted by molar-refractivity contribution is -0.198. The van der Waals surface area contributed by atoms with E-state index in [1.165, 1.54) is 12.3 Å². The van der Waals surface area contributed by atoms with E-state index in [-0.39, 0.29) is 29.5 Å². The number of hydrogen-bond acceptors (Lipinski definition) is 8. The maximum Gasteiger partial charge on any atom is 0.416 e. The molecule has 0 bridgehead atoms. The molecule has 2 aromatic heterocycles. The summed E-state index contributed by atoms with van der Waals surface area (Å²) in [4.78, 5) is 13.2. The normalized spacial score (nSPS) is 19.9. The topological polar surface area (TPSA) is 104 Å². The molecule has 1 fully saturated rings. The highest BCUT2D eigenvalue weighted by atomic mass is 19.4. The van der Waals surface area contributed by atoms with E-state index in [1.54, 1.807) is 50.4 Å². The van der Waals surface area contributed by atoms with Gasteiger partial charge in [-0.25, -0.2) is 23.7 Å². The number of hydrogen-bond donors (Lipinski definition) is 4. The number of fused-ring (bicyclic) bond motifs is 1. The average molecular weight is 589 g/mol. The van der Waals surface area contributed by atoms with Crippen molar-refractivity contribution < 1.29 is 31.8 Å². The van der Waals surface area contributed by atoms with Crippen LogP contribution in [0.2, 0.25) is 0 Å². The third kappa shape index (κ3) is 6.52. The van der Waals surface area contributed by atoms with Gasteiger partial charge in [0.2, 0.25) is 11.8 Å². The van der Waals surface area contributed by atoms with Crippen LogP contribution in [-0.4, -0.2) is 63.7 Å². The number of aliphatic hydroxyl groups excluding tert-OH is 1. The summed E-state index contributed by atoms with van der Waals surface area (Å²) < 4.78 is 74.0. The summed E-state index contributed by atoms with van der Waals surface area (Å²) in [5, 5.41) is 18.7. The number of benzene rings is 2. The first-order valence-electron chi connectivity index (χ1n) is 13.2. The third-order valence-electron chi connectivity index (χ3n) is 6.94. The maximum absolute atomic E-state index is 14.7. The van der Waals surface area contributed by atoms with E-state index in [4.69, 9.17) is 4.74 Å². The van der Waals surface area contributed by atoms with Crippen molar-refractivity contribution in [2.75, 3.05) is 30.3 Å². The van der Waals surface area contributed by atoms with E-state index in [9.17, 15) is 27.1 Å². The van der Waals surface area contributed by atoms with Crippen LogP contribution >= 0.6 is 0 Å². The first kappa shape index (κ1) is 29.4. The van der Waals surface area contributed by atoms with Crippen LogP contribution < -0.4 is 20.7 Å². The van der Waals surface area contributed by atoms with Crippen LogP contribution in [-0.2, 0) is 0 Å². The quantitative estimate of drug-likeness (QED) is 0.193. The van der Waals surface area contributed by atoms with E-state index >= 15 is 0 Å². The molecule has 1 aliphatic rings. The number of halogens is 5. The van der Waals surface area contributed by atoms with Gasteiger partial charge in [0.25, 0.3) is 0 Å². The number of pyridine rings is 1. The number of rotatable bonds is 8. The van der Waals surface area contributed by atoms with Crippen molar-refractivity contribution >= 4 is 22.4 Å². The Morgan fingerprint density at radius 1 is 1.12 bits per heavy atom. The van der Waals surface area contributed by atoms with Crippen LogP contribution in [0.3, 0.4) is 0 Å². The van der Waals surface area contributed by atoms with E-state index in [0.29, 0.717) is 46.9 Å². The maximum atomic E-state index is 14.7. The lowest BCUT2D eigenvalue weighted by Gasteiger charge is -2.33. The summed E-state index contributed by atoms with van der Waals surface area (Å²) in [6.07, 6.45) is -4.15. The number of aromatic nitrogens is 3. The summed E-state index contributed by atoms with van der Waals surface area (Å²) >= 11 is 0. The van der Waals surface area contributed by atoms with Gasteiger partial charge in [0.1, 0.15) is 17.2 Å². The van der Waals surface area contributed by atoms with Gasteiger partial charge in [0.05, 0.1) is 16.9 Å². The van der Waals surface area contributed by atoms with Crippen LogP contribution in [0.15, 0.2) is 54.9 Å². The summed E-state index contributed by atoms with van der Waals surface area (Å²) in [5.74, 6) is 0.0161. The second-order valence-corrected chi connectivity index (χ2v) is 10.5. The molecule has 1 aliphatic heterocycles. The minimum atomic E-state index is -4.86. The summed E-state index contributed by atoms with van der Waals surface area (Å²) in [6, 6.07) is 10.7. The Labute approximate surface area is 238 Å². The largest absolute Gasteiger partial charge is 0.437 e. The van der Waals surface area contributed by atoms with E-state index in [2.05, 4.69) is 30.9 Å². The van der Waals surface area contributed by atoms with Crippen molar-refractivity contribution in [3.05, 3.63) is 66.2 Å². The van der Waals surface area contributed by atoms with Crippen LogP contribution in [0, 0.1) is 12.7 Å². The number of aryl methyl sites for hydroxylation is 1. The fourth-order valence-electron chi connectivity index (χ4n) is 4.88. The Morgan fingerprint density at radius 3 is 2.67 bits per heavy atom. The van der Waals surface area contributed by atoms with Crippen LogP contribution in [0.4, 0.5) is 33.6 Å². The molecule has 2 aromatic carbocycles. The minimum Gasteiger partial charge on any atom is -0.437 e. The molecule has 4 N–H and O–H groups in total. The van der Waals surface area contributed by atoms with Gasteiger partial charge in [0, 0.05) is 55.3 Å². The number of piperidine rings is 1. The van der Waals surface area contributed by atoms with Crippen LogP contribution in [0.25, 0.3) is 22.0 Å². The number of nitrogens with zero attached hydrogens (tertiary/aromatic N) is 3. The molecule has 1 saturated heterocycles. The molecule has 5 rings (SSSR count). The van der Waals surface area contributed by atoms with Crippen molar-refractivity contribution in [3.63, 3.8) is 0 Å². The molecule has 42 heavy (non-hydrogen) atoms. The van der Waals surface area contributed by atoms with E-state index < -0.39 is 30.3 Å². The molecule has 4 aromatic rings. The Bertz CT molecular complexity index is 1580. The SMILES string of the molecule is Cc1ccc2c(NC[C@H](O)C(F)(F)F)c(F)ccc2c1Oc1ncccc1-c1ccnc(N[C@@H]2CNC[C@@](C)(F)C2)n1. The molecule has 0 radical (unpaired) electrons. The molecule has 13 heteroatoms. The molecule has 3 heterocycles. The van der Waals surface area contributed by atoms with Gasteiger partial charge in [-0.2, -0.15) is 13.2 Å². The van der Waals surface area contributed by atoms with Gasteiger partial charge in [-0.15, -0.1) is 0 Å². The lowest BCUT2D eigenvalue weighted by atomic mass is 9.95. The van der Waals surface area contributed by atoms with Crippen LogP contribution in [0.1, 0.15) is 18.9 Å². The van der Waals surface area contributed by atoms with Gasteiger partial charge in [-0.3, -0.25) is 0 Å². The van der Waals surface area contributed by atoms with Gasteiger partial charge in [-0.05, 0) is 49.7 Å². The van der Waals surface area contributed by atoms with Gasteiger partial charge < -0.3 is 25.8 Å². The molecule has 222 valence electrons. The predicted molar refractivity (Wildman–Crippen MR) is 149 cm³/mol. The minimum absolute atomic E-state index is 0.180. The van der Waals surface area contributed by atoms with Crippen molar-refractivity contribution in [2.24, 2.45) is 0 Å². The van der Waals surface area contributed by atoms with Crippen molar-refractivity contribution in [1.82, 2.24) is 20.3 Å². The summed E-state index contributed by atoms with van der Waals surface area (Å²) in [5.41, 5.74) is 0.107. The highest BCUT2D eigenvalue weighted by molar-refractivity contribution is 5.99. The Kier molecular flexibility index (Phi) is 8.15. The standard InChI is InChI=1S/C29H29F5N6O2/c1-16-5-6-18-19(7-8-21(30)24(18)38-14-23(41)29(32,33)34)25(16)42-26-20(4-3-10-36-26)22-9-11-37-27(40-22)39-17-12-28(2,31)15-35-13-17/h3-11,17,23,35,38,41H,12-15H2,1-2H3,(H,37,39,40)/t17-,23-,28-/m0/s1. The van der Waals surface area contributed by atoms with E-state index in [1.807, 2.05) is 0 Å². The predicted octanol–water partition coefficient (Wildman–Crippen LogP) is 5.77. The second-order valence-electron chi connectivity index (χ2n) is 10.5. The Morgan fingerprint density at radius 2 is 1.90 bits per heavy atom. The number of alkyl halides is 4. The van der Waals surface area contributed by atoms with E-state index in [0.717, 1.165) is 6.07 Å². The number of aliphatic hydroxyl groups is 1. The first-order chi connectivity index (χ1) is 19.9. The zero-order chi connectivity index (χ0) is 30.1. The molecule has 3 atom stereocenters. The molecule has 0 unspecified atom stereocenters. The van der Waals surface area contributed by atoms with Crippen molar-refractivity contribution in [2.45, 2.75) is 44.3 Å².